The Labute approximate surface area is 116 Å². The van der Waals surface area contributed by atoms with Gasteiger partial charge in [0.15, 0.2) is 0 Å². The van der Waals surface area contributed by atoms with Crippen LogP contribution >= 0.6 is 15.9 Å². The van der Waals surface area contributed by atoms with Crippen LogP contribution in [0.25, 0.3) is 0 Å². The Morgan fingerprint density at radius 2 is 2.11 bits per heavy atom. The summed E-state index contributed by atoms with van der Waals surface area (Å²) in [5.74, 6) is -0.0836. The van der Waals surface area contributed by atoms with Crippen molar-refractivity contribution in [1.29, 1.82) is 5.26 Å². The van der Waals surface area contributed by atoms with Crippen LogP contribution in [0.15, 0.2) is 28.7 Å². The molecule has 0 N–H and O–H groups in total. The molecule has 1 saturated carbocycles. The molecule has 0 spiro atoms. The SMILES string of the molecule is CN(C(=O)c1cccc(Br)c1)C1(C#N)CCCC1. The second-order valence-corrected chi connectivity index (χ2v) is 5.64. The molecule has 0 saturated heterocycles. The van der Waals surface area contributed by atoms with Crippen molar-refractivity contribution in [3.05, 3.63) is 34.3 Å². The van der Waals surface area contributed by atoms with Crippen molar-refractivity contribution >= 4 is 21.8 Å². The van der Waals surface area contributed by atoms with Crippen molar-refractivity contribution in [1.82, 2.24) is 4.90 Å². The standard InChI is InChI=1S/C14H15BrN2O/c1-17(14(10-16)7-2-3-8-14)13(18)11-5-4-6-12(15)9-11/h4-6,9H,2-3,7-8H2,1H3. The van der Waals surface area contributed by atoms with E-state index in [4.69, 9.17) is 0 Å². The van der Waals surface area contributed by atoms with Gasteiger partial charge < -0.3 is 4.90 Å². The molecule has 0 heterocycles. The number of benzene rings is 1. The van der Waals surface area contributed by atoms with Crippen LogP contribution in [0.1, 0.15) is 36.0 Å². The predicted molar refractivity (Wildman–Crippen MR) is 73.0 cm³/mol. The summed E-state index contributed by atoms with van der Waals surface area (Å²) in [6.45, 7) is 0. The van der Waals surface area contributed by atoms with Gasteiger partial charge >= 0.3 is 0 Å². The van der Waals surface area contributed by atoms with Crippen molar-refractivity contribution in [2.75, 3.05) is 7.05 Å². The quantitative estimate of drug-likeness (QED) is 0.841. The number of halogens is 1. The van der Waals surface area contributed by atoms with Gasteiger partial charge in [-0.25, -0.2) is 0 Å². The Kier molecular flexibility index (Phi) is 3.72. The number of hydrogen-bond donors (Lipinski definition) is 0. The van der Waals surface area contributed by atoms with Crippen molar-refractivity contribution in [3.63, 3.8) is 0 Å². The lowest BCUT2D eigenvalue weighted by atomic mass is 9.97. The highest BCUT2D eigenvalue weighted by Crippen LogP contribution is 2.34. The molecule has 4 heteroatoms. The summed E-state index contributed by atoms with van der Waals surface area (Å²) < 4.78 is 0.874. The molecule has 1 fully saturated rings. The van der Waals surface area contributed by atoms with Gasteiger partial charge in [0.2, 0.25) is 0 Å². The predicted octanol–water partition coefficient (Wildman–Crippen LogP) is 3.36. The molecule has 0 unspecified atom stereocenters. The van der Waals surface area contributed by atoms with E-state index in [9.17, 15) is 10.1 Å². The number of rotatable bonds is 2. The molecule has 1 amide bonds. The third-order valence-corrected chi connectivity index (χ3v) is 4.15. The number of hydrogen-bond acceptors (Lipinski definition) is 2. The maximum Gasteiger partial charge on any atom is 0.254 e. The van der Waals surface area contributed by atoms with Crippen LogP contribution in [0, 0.1) is 11.3 Å². The Morgan fingerprint density at radius 1 is 1.44 bits per heavy atom. The summed E-state index contributed by atoms with van der Waals surface area (Å²) >= 11 is 3.36. The van der Waals surface area contributed by atoms with Gasteiger partial charge in [-0.15, -0.1) is 0 Å². The molecule has 2 rings (SSSR count). The normalized spacial score (nSPS) is 17.2. The van der Waals surface area contributed by atoms with Gasteiger partial charge in [-0.3, -0.25) is 4.79 Å². The van der Waals surface area contributed by atoms with Crippen LogP contribution < -0.4 is 0 Å². The van der Waals surface area contributed by atoms with Crippen LogP contribution in [-0.4, -0.2) is 23.4 Å². The van der Waals surface area contributed by atoms with Crippen LogP contribution in [0.4, 0.5) is 0 Å². The molecule has 1 aromatic carbocycles. The molecule has 1 aromatic rings. The van der Waals surface area contributed by atoms with Gasteiger partial charge in [0.1, 0.15) is 5.54 Å². The van der Waals surface area contributed by atoms with Gasteiger partial charge in [0.05, 0.1) is 6.07 Å². The smallest absolute Gasteiger partial charge is 0.254 e. The largest absolute Gasteiger partial charge is 0.323 e. The van der Waals surface area contributed by atoms with Gasteiger partial charge in [0, 0.05) is 17.1 Å². The van der Waals surface area contributed by atoms with E-state index >= 15 is 0 Å². The summed E-state index contributed by atoms with van der Waals surface area (Å²) in [6.07, 6.45) is 3.59. The average Bonchev–Trinajstić information content (AvgIpc) is 2.87. The van der Waals surface area contributed by atoms with E-state index in [1.54, 1.807) is 24.1 Å². The molecular formula is C14H15BrN2O. The number of nitriles is 1. The minimum absolute atomic E-state index is 0.0836. The Balaban J connectivity index is 2.26. The summed E-state index contributed by atoms with van der Waals surface area (Å²) in [5, 5.41) is 9.38. The molecule has 0 atom stereocenters. The fourth-order valence-corrected chi connectivity index (χ4v) is 2.89. The van der Waals surface area contributed by atoms with Gasteiger partial charge in [-0.1, -0.05) is 22.0 Å². The molecule has 0 aliphatic heterocycles. The minimum atomic E-state index is -0.612. The average molecular weight is 307 g/mol. The molecule has 0 bridgehead atoms. The first-order valence-corrected chi connectivity index (χ1v) is 6.83. The molecule has 1 aliphatic carbocycles. The summed E-state index contributed by atoms with van der Waals surface area (Å²) in [6, 6.07) is 9.62. The third-order valence-electron chi connectivity index (χ3n) is 3.66. The summed E-state index contributed by atoms with van der Waals surface area (Å²) in [4.78, 5) is 14.0. The van der Waals surface area contributed by atoms with E-state index < -0.39 is 5.54 Å². The van der Waals surface area contributed by atoms with E-state index in [1.165, 1.54) is 0 Å². The van der Waals surface area contributed by atoms with Crippen molar-refractivity contribution in [2.45, 2.75) is 31.2 Å². The highest BCUT2D eigenvalue weighted by atomic mass is 79.9. The first-order valence-electron chi connectivity index (χ1n) is 6.04. The zero-order valence-corrected chi connectivity index (χ0v) is 11.9. The molecule has 18 heavy (non-hydrogen) atoms. The van der Waals surface area contributed by atoms with Crippen LogP contribution in [0.5, 0.6) is 0 Å². The molecular weight excluding hydrogens is 292 g/mol. The zero-order valence-electron chi connectivity index (χ0n) is 10.3. The number of amides is 1. The Morgan fingerprint density at radius 3 is 2.67 bits per heavy atom. The van der Waals surface area contributed by atoms with Gasteiger partial charge in [-0.05, 0) is 43.9 Å². The number of carbonyl (C=O) groups excluding carboxylic acids is 1. The van der Waals surface area contributed by atoms with Crippen molar-refractivity contribution in [3.8, 4) is 6.07 Å². The Hall–Kier alpha value is -1.34. The third kappa shape index (κ3) is 2.28. The van der Waals surface area contributed by atoms with E-state index in [0.717, 1.165) is 30.2 Å². The molecule has 94 valence electrons. The first-order chi connectivity index (χ1) is 8.59. The number of nitrogens with zero attached hydrogens (tertiary/aromatic N) is 2. The lowest BCUT2D eigenvalue weighted by Gasteiger charge is -2.32. The van der Waals surface area contributed by atoms with E-state index in [-0.39, 0.29) is 5.91 Å². The minimum Gasteiger partial charge on any atom is -0.323 e. The molecule has 3 nitrogen and oxygen atoms in total. The van der Waals surface area contributed by atoms with Crippen LogP contribution in [0.2, 0.25) is 0 Å². The van der Waals surface area contributed by atoms with Crippen LogP contribution in [-0.2, 0) is 0 Å². The second kappa shape index (κ2) is 5.11. The molecule has 1 aliphatic rings. The van der Waals surface area contributed by atoms with Crippen LogP contribution in [0.3, 0.4) is 0 Å². The number of carbonyl (C=O) groups is 1. The first kappa shape index (κ1) is 13.1. The summed E-state index contributed by atoms with van der Waals surface area (Å²) in [5.41, 5.74) is 0.00718. The fraction of sp³-hybridized carbons (Fsp3) is 0.429. The molecule has 0 radical (unpaired) electrons. The lowest BCUT2D eigenvalue weighted by molar-refractivity contribution is 0.0663. The van der Waals surface area contributed by atoms with E-state index in [2.05, 4.69) is 22.0 Å². The van der Waals surface area contributed by atoms with Crippen molar-refractivity contribution < 1.29 is 4.79 Å². The summed E-state index contributed by atoms with van der Waals surface area (Å²) in [7, 11) is 1.73. The Bertz CT molecular complexity index is 501. The monoisotopic (exact) mass is 306 g/mol. The van der Waals surface area contributed by atoms with E-state index in [0.29, 0.717) is 5.56 Å². The van der Waals surface area contributed by atoms with Gasteiger partial charge in [-0.2, -0.15) is 5.26 Å². The highest BCUT2D eigenvalue weighted by Gasteiger charge is 2.40. The van der Waals surface area contributed by atoms with Gasteiger partial charge in [0.25, 0.3) is 5.91 Å². The maximum absolute atomic E-state index is 12.4. The highest BCUT2D eigenvalue weighted by molar-refractivity contribution is 9.10. The lowest BCUT2D eigenvalue weighted by Crippen LogP contribution is -2.46. The van der Waals surface area contributed by atoms with E-state index in [1.807, 2.05) is 12.1 Å². The zero-order chi connectivity index (χ0) is 13.2. The van der Waals surface area contributed by atoms with Crippen molar-refractivity contribution in [2.24, 2.45) is 0 Å². The topological polar surface area (TPSA) is 44.1 Å². The second-order valence-electron chi connectivity index (χ2n) is 4.73. The fourth-order valence-electron chi connectivity index (χ4n) is 2.49. The maximum atomic E-state index is 12.4. The molecule has 0 aromatic heterocycles.